The molecule has 3 heterocycles. The lowest BCUT2D eigenvalue weighted by molar-refractivity contribution is -0.384. The summed E-state index contributed by atoms with van der Waals surface area (Å²) >= 11 is 5.86. The average Bonchev–Trinajstić information content (AvgIpc) is 3.59. The van der Waals surface area contributed by atoms with Gasteiger partial charge >= 0.3 is 0 Å². The third-order valence-electron chi connectivity index (χ3n) is 6.59. The Morgan fingerprint density at radius 3 is 2.36 bits per heavy atom. The van der Waals surface area contributed by atoms with Gasteiger partial charge in [-0.05, 0) is 78.9 Å². The molecule has 2 aromatic heterocycles. The van der Waals surface area contributed by atoms with Crippen LogP contribution in [0.1, 0.15) is 23.5 Å². The van der Waals surface area contributed by atoms with E-state index >= 15 is 0 Å². The second-order valence-electron chi connectivity index (χ2n) is 8.99. The van der Waals surface area contributed by atoms with E-state index in [1.165, 1.54) is 6.07 Å². The highest BCUT2D eigenvalue weighted by atomic mass is 32.1. The van der Waals surface area contributed by atoms with Gasteiger partial charge < -0.3 is 19.5 Å². The van der Waals surface area contributed by atoms with Gasteiger partial charge in [-0.1, -0.05) is 30.3 Å². The lowest BCUT2D eigenvalue weighted by Crippen LogP contribution is -2.30. The molecule has 0 saturated carbocycles. The Balaban J connectivity index is 1.41. The molecule has 9 heteroatoms. The van der Waals surface area contributed by atoms with Crippen LogP contribution >= 0.6 is 12.2 Å². The molecule has 1 aliphatic heterocycles. The first-order valence-electron chi connectivity index (χ1n) is 12.3. The maximum Gasteiger partial charge on any atom is 0.271 e. The summed E-state index contributed by atoms with van der Waals surface area (Å²) < 4.78 is 7.95. The first kappa shape index (κ1) is 24.3. The summed E-state index contributed by atoms with van der Waals surface area (Å²) in [6.45, 7) is 0. The Hall–Kier alpha value is -5.02. The number of benzene rings is 3. The van der Waals surface area contributed by atoms with Crippen molar-refractivity contribution in [1.82, 2.24) is 14.9 Å². The molecule has 192 valence electrons. The number of rotatable bonds is 7. The lowest BCUT2D eigenvalue weighted by Gasteiger charge is -2.29. The van der Waals surface area contributed by atoms with Crippen molar-refractivity contribution in [2.45, 2.75) is 12.1 Å². The molecule has 1 saturated heterocycles. The second kappa shape index (κ2) is 10.4. The van der Waals surface area contributed by atoms with Gasteiger partial charge in [-0.2, -0.15) is 0 Å². The highest BCUT2D eigenvalue weighted by Gasteiger charge is 2.42. The van der Waals surface area contributed by atoms with Crippen LogP contribution in [0.25, 0.3) is 5.69 Å². The predicted octanol–water partition coefficient (Wildman–Crippen LogP) is 6.75. The Labute approximate surface area is 230 Å². The number of anilines is 1. The molecular weight excluding hydrogens is 510 g/mol. The summed E-state index contributed by atoms with van der Waals surface area (Å²) in [6, 6.07) is 33.2. The summed E-state index contributed by atoms with van der Waals surface area (Å²) in [5, 5.41) is 15.5. The molecule has 2 atom stereocenters. The molecule has 0 bridgehead atoms. The summed E-state index contributed by atoms with van der Waals surface area (Å²) in [6.07, 6.45) is 3.66. The van der Waals surface area contributed by atoms with E-state index in [0.29, 0.717) is 16.5 Å². The number of nitro groups is 1. The maximum atomic E-state index is 11.5. The van der Waals surface area contributed by atoms with Gasteiger partial charge in [0.1, 0.15) is 17.5 Å². The minimum Gasteiger partial charge on any atom is -0.457 e. The highest BCUT2D eigenvalue weighted by molar-refractivity contribution is 7.80. The first-order chi connectivity index (χ1) is 19.1. The Kier molecular flexibility index (Phi) is 6.48. The normalized spacial score (nSPS) is 16.6. The van der Waals surface area contributed by atoms with Gasteiger partial charge in [0, 0.05) is 35.9 Å². The van der Waals surface area contributed by atoms with Gasteiger partial charge in [-0.3, -0.25) is 15.1 Å². The van der Waals surface area contributed by atoms with Crippen LogP contribution in [0.5, 0.6) is 11.5 Å². The summed E-state index contributed by atoms with van der Waals surface area (Å²) in [4.78, 5) is 17.8. The molecule has 1 N–H and O–H groups in total. The van der Waals surface area contributed by atoms with Crippen molar-refractivity contribution in [2.75, 3.05) is 4.90 Å². The van der Waals surface area contributed by atoms with E-state index in [1.807, 2.05) is 102 Å². The van der Waals surface area contributed by atoms with Gasteiger partial charge in [-0.25, -0.2) is 0 Å². The zero-order valence-electron chi connectivity index (χ0n) is 20.6. The molecule has 1 fully saturated rings. The number of non-ortho nitro benzene ring substituents is 1. The van der Waals surface area contributed by atoms with Crippen LogP contribution in [0.15, 0.2) is 122 Å². The average molecular weight is 534 g/mol. The number of nitro benzene ring substituents is 1. The van der Waals surface area contributed by atoms with Crippen molar-refractivity contribution in [1.29, 1.82) is 0 Å². The summed E-state index contributed by atoms with van der Waals surface area (Å²) in [5.74, 6) is 1.47. The standard InChI is InChI=1S/C30H23N5O3S/c36-35(37)23-9-6-8-22(20-23)33-19-7-13-27(33)29-28(26-12-4-5-18-31-26)32-30(39)34(29)21-14-16-25(17-15-21)38-24-10-2-1-3-11-24/h1-20,28-29H,(H,32,39)/t28-,29+/m1/s1. The van der Waals surface area contributed by atoms with Crippen LogP contribution in [-0.4, -0.2) is 19.6 Å². The van der Waals surface area contributed by atoms with Gasteiger partial charge in [-0.15, -0.1) is 0 Å². The van der Waals surface area contributed by atoms with E-state index in [1.54, 1.807) is 18.3 Å². The van der Waals surface area contributed by atoms with E-state index in [0.717, 1.165) is 22.8 Å². The highest BCUT2D eigenvalue weighted by Crippen LogP contribution is 2.42. The number of nitrogens with zero attached hydrogens (tertiary/aromatic N) is 4. The van der Waals surface area contributed by atoms with Crippen LogP contribution in [-0.2, 0) is 0 Å². The van der Waals surface area contributed by atoms with E-state index < -0.39 is 0 Å². The SMILES string of the molecule is O=[N+]([O-])c1cccc(-n2cccc2[C@H]2[C@@H](c3ccccn3)NC(=S)N2c2ccc(Oc3ccccc3)cc2)c1. The minimum absolute atomic E-state index is 0.0272. The van der Waals surface area contributed by atoms with Gasteiger partial charge in [0.15, 0.2) is 5.11 Å². The predicted molar refractivity (Wildman–Crippen MR) is 153 cm³/mol. The summed E-state index contributed by atoms with van der Waals surface area (Å²) in [5.41, 5.74) is 3.34. The van der Waals surface area contributed by atoms with Gasteiger partial charge in [0.25, 0.3) is 5.69 Å². The third kappa shape index (κ3) is 4.83. The molecule has 5 aromatic rings. The molecule has 0 spiro atoms. The fourth-order valence-electron chi connectivity index (χ4n) is 4.86. The molecule has 39 heavy (non-hydrogen) atoms. The number of nitrogens with one attached hydrogen (secondary N) is 1. The Bertz CT molecular complexity index is 1620. The second-order valence-corrected chi connectivity index (χ2v) is 9.37. The third-order valence-corrected chi connectivity index (χ3v) is 6.91. The van der Waals surface area contributed by atoms with Crippen LogP contribution in [0, 0.1) is 10.1 Å². The van der Waals surface area contributed by atoms with Crippen LogP contribution in [0.2, 0.25) is 0 Å². The molecule has 1 aliphatic rings. The van der Waals surface area contributed by atoms with Crippen molar-refractivity contribution >= 4 is 28.7 Å². The van der Waals surface area contributed by atoms with E-state index in [2.05, 4.69) is 15.2 Å². The zero-order valence-corrected chi connectivity index (χ0v) is 21.4. The Morgan fingerprint density at radius 2 is 1.62 bits per heavy atom. The van der Waals surface area contributed by atoms with Crippen molar-refractivity contribution in [3.63, 3.8) is 0 Å². The number of hydrogen-bond donors (Lipinski definition) is 1. The molecular formula is C30H23N5O3S. The topological polar surface area (TPSA) is 85.5 Å². The molecule has 0 aliphatic carbocycles. The van der Waals surface area contributed by atoms with Crippen molar-refractivity contribution in [3.8, 4) is 17.2 Å². The number of aromatic nitrogens is 2. The van der Waals surface area contributed by atoms with E-state index in [4.69, 9.17) is 17.0 Å². The van der Waals surface area contributed by atoms with Crippen LogP contribution < -0.4 is 15.0 Å². The molecule has 0 unspecified atom stereocenters. The Morgan fingerprint density at radius 1 is 0.846 bits per heavy atom. The van der Waals surface area contributed by atoms with Gasteiger partial charge in [0.05, 0.1) is 22.3 Å². The van der Waals surface area contributed by atoms with Crippen LogP contribution in [0.3, 0.4) is 0 Å². The van der Waals surface area contributed by atoms with E-state index in [9.17, 15) is 10.1 Å². The number of para-hydroxylation sites is 1. The van der Waals surface area contributed by atoms with Crippen LogP contribution in [0.4, 0.5) is 11.4 Å². The smallest absolute Gasteiger partial charge is 0.271 e. The first-order valence-corrected chi connectivity index (χ1v) is 12.7. The quantitative estimate of drug-likeness (QED) is 0.141. The minimum atomic E-state index is -0.388. The number of hydrogen-bond acceptors (Lipinski definition) is 5. The van der Waals surface area contributed by atoms with E-state index in [-0.39, 0.29) is 22.7 Å². The molecule has 0 radical (unpaired) electrons. The van der Waals surface area contributed by atoms with Crippen molar-refractivity contribution in [2.24, 2.45) is 0 Å². The van der Waals surface area contributed by atoms with Crippen molar-refractivity contribution < 1.29 is 9.66 Å². The molecule has 6 rings (SSSR count). The molecule has 8 nitrogen and oxygen atoms in total. The van der Waals surface area contributed by atoms with Gasteiger partial charge in [0.2, 0.25) is 0 Å². The molecule has 0 amide bonds. The number of ether oxygens (including phenoxy) is 1. The monoisotopic (exact) mass is 533 g/mol. The lowest BCUT2D eigenvalue weighted by atomic mass is 10.0. The largest absolute Gasteiger partial charge is 0.457 e. The van der Waals surface area contributed by atoms with Crippen molar-refractivity contribution in [3.05, 3.63) is 143 Å². The number of pyridine rings is 1. The number of thiocarbonyl (C=S) groups is 1. The maximum absolute atomic E-state index is 11.5. The molecule has 3 aromatic carbocycles. The zero-order chi connectivity index (χ0) is 26.8. The fraction of sp³-hybridized carbons (Fsp3) is 0.0667. The fourth-order valence-corrected chi connectivity index (χ4v) is 5.21. The summed E-state index contributed by atoms with van der Waals surface area (Å²) in [7, 11) is 0.